The molecule has 1 heterocycles. The predicted molar refractivity (Wildman–Crippen MR) is 155 cm³/mol. The van der Waals surface area contributed by atoms with E-state index >= 15 is 0 Å². The fourth-order valence-corrected chi connectivity index (χ4v) is 4.82. The highest BCUT2D eigenvalue weighted by Gasteiger charge is 2.20. The lowest BCUT2D eigenvalue weighted by Gasteiger charge is -2.17. The van der Waals surface area contributed by atoms with Crippen LogP contribution in [0.25, 0.3) is 10.9 Å². The Balaban J connectivity index is 0.00000107. The summed E-state index contributed by atoms with van der Waals surface area (Å²) in [6.07, 6.45) is 6.70. The van der Waals surface area contributed by atoms with Crippen LogP contribution in [-0.4, -0.2) is 16.6 Å². The van der Waals surface area contributed by atoms with Gasteiger partial charge in [-0.3, -0.25) is 4.79 Å². The number of amides is 1. The zero-order chi connectivity index (χ0) is 25.7. The summed E-state index contributed by atoms with van der Waals surface area (Å²) in [4.78, 5) is 17.6. The summed E-state index contributed by atoms with van der Waals surface area (Å²) < 4.78 is 0. The fourth-order valence-electron chi connectivity index (χ4n) is 3.79. The molecule has 1 atom stereocenters. The summed E-state index contributed by atoms with van der Waals surface area (Å²) in [6.45, 7) is 12.8. The molecule has 2 aromatic carbocycles. The number of benzene rings is 2. The highest BCUT2D eigenvalue weighted by Crippen LogP contribution is 2.38. The maximum atomic E-state index is 12.2. The summed E-state index contributed by atoms with van der Waals surface area (Å²) in [6, 6.07) is 11.8. The normalized spacial score (nSPS) is 11.4. The number of fused-ring (bicyclic) bond motifs is 1. The van der Waals surface area contributed by atoms with Crippen LogP contribution in [-0.2, 0) is 0 Å². The molecule has 1 unspecified atom stereocenters. The quantitative estimate of drug-likeness (QED) is 0.246. The van der Waals surface area contributed by atoms with Crippen molar-refractivity contribution in [3.63, 3.8) is 0 Å². The van der Waals surface area contributed by atoms with E-state index in [2.05, 4.69) is 50.6 Å². The average molecular weight is 521 g/mol. The number of primary amides is 1. The maximum absolute atomic E-state index is 12.2. The molecule has 0 saturated carbocycles. The van der Waals surface area contributed by atoms with Crippen molar-refractivity contribution in [1.29, 1.82) is 0 Å². The first-order chi connectivity index (χ1) is 16.3. The van der Waals surface area contributed by atoms with Crippen LogP contribution in [0.5, 0.6) is 0 Å². The first-order valence-corrected chi connectivity index (χ1v) is 14.1. The molecule has 3 rings (SSSR count). The maximum Gasteiger partial charge on any atom is 0.250 e. The zero-order valence-corrected chi connectivity index (χ0v) is 23.9. The van der Waals surface area contributed by atoms with Gasteiger partial charge in [0.05, 0.1) is 11.1 Å². The second kappa shape index (κ2) is 16.2. The number of hydrogen-bond acceptors (Lipinski definition) is 3. The van der Waals surface area contributed by atoms with E-state index in [-0.39, 0.29) is 0 Å². The van der Waals surface area contributed by atoms with Crippen LogP contribution in [0.4, 0.5) is 0 Å². The molecule has 188 valence electrons. The van der Waals surface area contributed by atoms with Gasteiger partial charge in [-0.05, 0) is 72.4 Å². The van der Waals surface area contributed by atoms with Gasteiger partial charge in [-0.25, -0.2) is 0 Å². The predicted octanol–water partition coefficient (Wildman–Crippen LogP) is 9.35. The second-order valence-corrected chi connectivity index (χ2v) is 10.5. The molecule has 0 bridgehead atoms. The van der Waals surface area contributed by atoms with Crippen LogP contribution in [0.3, 0.4) is 0 Å². The Morgan fingerprint density at radius 1 is 1.06 bits per heavy atom. The Morgan fingerprint density at radius 2 is 1.68 bits per heavy atom. The summed E-state index contributed by atoms with van der Waals surface area (Å²) in [7, 11) is 0. The number of aromatic nitrogens is 1. The van der Waals surface area contributed by atoms with Crippen molar-refractivity contribution in [3.8, 4) is 0 Å². The number of nitrogens with one attached hydrogen (secondary N) is 1. The van der Waals surface area contributed by atoms with E-state index in [9.17, 15) is 4.79 Å². The number of aromatic amines is 1. The van der Waals surface area contributed by atoms with Gasteiger partial charge in [-0.1, -0.05) is 77.7 Å². The summed E-state index contributed by atoms with van der Waals surface area (Å²) >= 11 is 11.4. The lowest BCUT2D eigenvalue weighted by Crippen LogP contribution is -2.11. The summed E-state index contributed by atoms with van der Waals surface area (Å²) in [5, 5.41) is 1.82. The van der Waals surface area contributed by atoms with Gasteiger partial charge in [-0.2, -0.15) is 12.6 Å². The number of thiol groups is 1. The van der Waals surface area contributed by atoms with Crippen molar-refractivity contribution in [2.75, 3.05) is 5.75 Å². The van der Waals surface area contributed by atoms with Crippen molar-refractivity contribution in [2.45, 2.75) is 82.9 Å². The number of carbonyl (C=O) groups excluding carboxylic acids is 1. The van der Waals surface area contributed by atoms with Crippen molar-refractivity contribution in [3.05, 3.63) is 58.7 Å². The van der Waals surface area contributed by atoms with Crippen LogP contribution in [0.15, 0.2) is 52.4 Å². The van der Waals surface area contributed by atoms with Gasteiger partial charge in [0.15, 0.2) is 0 Å². The minimum atomic E-state index is -0.406. The number of halogens is 1. The fraction of sp³-hybridized carbons (Fsp3) is 0.464. The third-order valence-corrected chi connectivity index (χ3v) is 6.51. The van der Waals surface area contributed by atoms with Crippen LogP contribution < -0.4 is 5.73 Å². The van der Waals surface area contributed by atoms with Gasteiger partial charge in [0, 0.05) is 26.4 Å². The molecule has 0 fully saturated rings. The van der Waals surface area contributed by atoms with Gasteiger partial charge in [0.1, 0.15) is 0 Å². The number of nitrogens with two attached hydrogens (primary N) is 1. The van der Waals surface area contributed by atoms with Crippen LogP contribution in [0.2, 0.25) is 5.02 Å². The number of rotatable bonds is 9. The van der Waals surface area contributed by atoms with E-state index in [1.54, 1.807) is 11.8 Å². The second-order valence-electron chi connectivity index (χ2n) is 8.33. The SMILES string of the molecule is CC.CCCC(CCC(C)C)c1c[nH]c2c(C(N)=O)cc(Sc3ccc(Cl)cc3)cc12.CCS. The summed E-state index contributed by atoms with van der Waals surface area (Å²) in [5.74, 6) is 1.70. The van der Waals surface area contributed by atoms with E-state index < -0.39 is 5.91 Å². The lowest BCUT2D eigenvalue weighted by atomic mass is 9.87. The third kappa shape index (κ3) is 9.24. The highest BCUT2D eigenvalue weighted by molar-refractivity contribution is 7.99. The van der Waals surface area contributed by atoms with Crippen molar-refractivity contribution in [1.82, 2.24) is 4.98 Å². The van der Waals surface area contributed by atoms with Crippen molar-refractivity contribution >= 4 is 52.8 Å². The molecule has 3 nitrogen and oxygen atoms in total. The number of carbonyl (C=O) groups is 1. The van der Waals surface area contributed by atoms with Gasteiger partial charge >= 0.3 is 0 Å². The third-order valence-electron chi connectivity index (χ3n) is 5.28. The van der Waals surface area contributed by atoms with Crippen molar-refractivity contribution < 1.29 is 4.79 Å². The van der Waals surface area contributed by atoms with Gasteiger partial charge in [0.2, 0.25) is 0 Å². The van der Waals surface area contributed by atoms with Crippen LogP contribution in [0, 0.1) is 5.92 Å². The Labute approximate surface area is 221 Å². The minimum Gasteiger partial charge on any atom is -0.366 e. The van der Waals surface area contributed by atoms with Gasteiger partial charge in [0.25, 0.3) is 5.91 Å². The molecule has 34 heavy (non-hydrogen) atoms. The first kappa shape index (κ1) is 30.5. The molecule has 0 radical (unpaired) electrons. The van der Waals surface area contributed by atoms with Crippen LogP contribution in [0.1, 0.15) is 89.1 Å². The first-order valence-electron chi connectivity index (χ1n) is 12.3. The number of H-pyrrole nitrogens is 1. The summed E-state index contributed by atoms with van der Waals surface area (Å²) in [5.41, 5.74) is 8.41. The molecule has 0 aliphatic carbocycles. The van der Waals surface area contributed by atoms with Gasteiger partial charge in [-0.15, -0.1) is 0 Å². The van der Waals surface area contributed by atoms with E-state index in [1.807, 2.05) is 51.1 Å². The van der Waals surface area contributed by atoms with E-state index in [0.717, 1.165) is 45.7 Å². The topological polar surface area (TPSA) is 58.9 Å². The lowest BCUT2D eigenvalue weighted by molar-refractivity contribution is 0.100. The van der Waals surface area contributed by atoms with E-state index in [0.29, 0.717) is 22.4 Å². The Morgan fingerprint density at radius 3 is 2.21 bits per heavy atom. The molecule has 0 spiro atoms. The number of hydrogen-bond donors (Lipinski definition) is 3. The largest absolute Gasteiger partial charge is 0.366 e. The highest BCUT2D eigenvalue weighted by atomic mass is 35.5. The molecule has 0 saturated heterocycles. The minimum absolute atomic E-state index is 0.406. The van der Waals surface area contributed by atoms with Crippen LogP contribution >= 0.6 is 36.0 Å². The molecule has 0 aliphatic rings. The van der Waals surface area contributed by atoms with E-state index in [4.69, 9.17) is 17.3 Å². The monoisotopic (exact) mass is 520 g/mol. The molecule has 0 aliphatic heterocycles. The molecular weight excluding hydrogens is 480 g/mol. The smallest absolute Gasteiger partial charge is 0.250 e. The molecule has 3 N–H and O–H groups in total. The Bertz CT molecular complexity index is 1000. The van der Waals surface area contributed by atoms with Crippen molar-refractivity contribution in [2.24, 2.45) is 11.7 Å². The average Bonchev–Trinajstić information content (AvgIpc) is 3.23. The molecule has 1 aromatic heterocycles. The molecule has 1 amide bonds. The molecular formula is C28H41ClN2OS2. The van der Waals surface area contributed by atoms with Gasteiger partial charge < -0.3 is 10.7 Å². The molecule has 3 aromatic rings. The standard InChI is InChI=1S/C24H29ClN2OS.C2H6S.C2H6/c1-4-5-16(7-6-15(2)3)22-14-27-23-20(22)12-19(13-21(23)24(26)28)29-18-10-8-17(25)9-11-18;1-2-3;1-2/h8-16,27H,4-7H2,1-3H3,(H2,26,28);3H,2H2,1H3;1-2H3. The Kier molecular flexibility index (Phi) is 14.5. The molecule has 6 heteroatoms. The zero-order valence-electron chi connectivity index (χ0n) is 21.5. The van der Waals surface area contributed by atoms with E-state index in [1.165, 1.54) is 12.0 Å². The Hall–Kier alpha value is -1.56.